The van der Waals surface area contributed by atoms with Crippen LogP contribution in [0.4, 0.5) is 14.5 Å². The molecule has 1 aliphatic heterocycles. The lowest BCUT2D eigenvalue weighted by molar-refractivity contribution is 0.329. The molecule has 0 radical (unpaired) electrons. The highest BCUT2D eigenvalue weighted by Crippen LogP contribution is 2.24. The SMILES string of the molecule is CCS(=O)(=O)N1CCC(Nc2c(F)cc(C#N)cc2F)CC1. The van der Waals surface area contributed by atoms with Crippen molar-refractivity contribution >= 4 is 15.7 Å². The number of hydrogen-bond acceptors (Lipinski definition) is 4. The molecule has 1 fully saturated rings. The van der Waals surface area contributed by atoms with Crippen molar-refractivity contribution in [1.82, 2.24) is 4.31 Å². The second-order valence-corrected chi connectivity index (χ2v) is 7.40. The minimum atomic E-state index is -3.22. The van der Waals surface area contributed by atoms with Crippen LogP contribution >= 0.6 is 0 Å². The van der Waals surface area contributed by atoms with Gasteiger partial charge in [-0.2, -0.15) is 5.26 Å². The molecular weight excluding hydrogens is 312 g/mol. The Morgan fingerprint density at radius 2 is 1.86 bits per heavy atom. The highest BCUT2D eigenvalue weighted by atomic mass is 32.2. The fourth-order valence-corrected chi connectivity index (χ4v) is 3.57. The summed E-state index contributed by atoms with van der Waals surface area (Å²) in [5, 5.41) is 11.4. The molecule has 0 aliphatic carbocycles. The molecule has 1 heterocycles. The zero-order chi connectivity index (χ0) is 16.3. The van der Waals surface area contributed by atoms with Crippen LogP contribution in [0, 0.1) is 23.0 Å². The van der Waals surface area contributed by atoms with Crippen molar-refractivity contribution < 1.29 is 17.2 Å². The topological polar surface area (TPSA) is 73.2 Å². The van der Waals surface area contributed by atoms with Crippen molar-refractivity contribution in [2.24, 2.45) is 0 Å². The molecule has 1 N–H and O–H groups in total. The Morgan fingerprint density at radius 3 is 2.32 bits per heavy atom. The van der Waals surface area contributed by atoms with E-state index < -0.39 is 21.7 Å². The van der Waals surface area contributed by atoms with Crippen LogP contribution in [0.2, 0.25) is 0 Å². The van der Waals surface area contributed by atoms with E-state index in [9.17, 15) is 17.2 Å². The average molecular weight is 329 g/mol. The first kappa shape index (κ1) is 16.6. The van der Waals surface area contributed by atoms with Gasteiger partial charge in [0.25, 0.3) is 0 Å². The third-order valence-electron chi connectivity index (χ3n) is 3.73. The summed E-state index contributed by atoms with van der Waals surface area (Å²) in [7, 11) is -3.22. The first-order valence-electron chi connectivity index (χ1n) is 7.01. The average Bonchev–Trinajstić information content (AvgIpc) is 2.51. The summed E-state index contributed by atoms with van der Waals surface area (Å²) in [6, 6.07) is 3.43. The molecule has 120 valence electrons. The van der Waals surface area contributed by atoms with Gasteiger partial charge in [0.15, 0.2) is 11.6 Å². The van der Waals surface area contributed by atoms with Crippen LogP contribution < -0.4 is 5.32 Å². The highest BCUT2D eigenvalue weighted by Gasteiger charge is 2.27. The maximum atomic E-state index is 13.8. The summed E-state index contributed by atoms with van der Waals surface area (Å²) < 4.78 is 52.5. The fraction of sp³-hybridized carbons (Fsp3) is 0.500. The van der Waals surface area contributed by atoms with Crippen molar-refractivity contribution in [1.29, 1.82) is 5.26 Å². The third-order valence-corrected chi connectivity index (χ3v) is 5.61. The van der Waals surface area contributed by atoms with E-state index in [0.717, 1.165) is 12.1 Å². The molecule has 22 heavy (non-hydrogen) atoms. The normalized spacial score (nSPS) is 17.2. The summed E-state index contributed by atoms with van der Waals surface area (Å²) in [6.45, 7) is 2.24. The van der Waals surface area contributed by atoms with Gasteiger partial charge in [-0.25, -0.2) is 21.5 Å². The van der Waals surface area contributed by atoms with E-state index in [0.29, 0.717) is 25.9 Å². The molecule has 0 bridgehead atoms. The molecule has 2 rings (SSSR count). The van der Waals surface area contributed by atoms with Crippen LogP contribution in [0.25, 0.3) is 0 Å². The number of benzene rings is 1. The maximum Gasteiger partial charge on any atom is 0.213 e. The first-order chi connectivity index (χ1) is 10.4. The molecule has 8 heteroatoms. The predicted molar refractivity (Wildman–Crippen MR) is 78.8 cm³/mol. The summed E-state index contributed by atoms with van der Waals surface area (Å²) in [5.41, 5.74) is -0.347. The summed E-state index contributed by atoms with van der Waals surface area (Å²) in [5.74, 6) is -1.59. The Kier molecular flexibility index (Phi) is 4.98. The molecule has 0 amide bonds. The van der Waals surface area contributed by atoms with E-state index in [2.05, 4.69) is 5.32 Å². The maximum absolute atomic E-state index is 13.8. The Balaban J connectivity index is 2.05. The van der Waals surface area contributed by atoms with Crippen LogP contribution in [-0.2, 0) is 10.0 Å². The molecule has 1 aliphatic rings. The van der Waals surface area contributed by atoms with Crippen molar-refractivity contribution in [3.8, 4) is 6.07 Å². The van der Waals surface area contributed by atoms with Crippen LogP contribution in [0.15, 0.2) is 12.1 Å². The molecule has 0 aromatic heterocycles. The minimum absolute atomic E-state index is 0.0456. The van der Waals surface area contributed by atoms with Crippen LogP contribution in [0.1, 0.15) is 25.3 Å². The number of rotatable bonds is 4. The van der Waals surface area contributed by atoms with E-state index in [4.69, 9.17) is 5.26 Å². The number of piperidine rings is 1. The number of nitrogens with one attached hydrogen (secondary N) is 1. The standard InChI is InChI=1S/C14H17F2N3O2S/c1-2-22(20,21)19-5-3-11(4-6-19)18-14-12(15)7-10(9-17)8-13(14)16/h7-8,11,18H,2-6H2,1H3. The molecule has 0 spiro atoms. The van der Waals surface area contributed by atoms with Crippen molar-refractivity contribution in [2.75, 3.05) is 24.2 Å². The van der Waals surface area contributed by atoms with Gasteiger partial charge >= 0.3 is 0 Å². The van der Waals surface area contributed by atoms with Crippen LogP contribution in [-0.4, -0.2) is 37.6 Å². The molecule has 0 saturated carbocycles. The van der Waals surface area contributed by atoms with Crippen molar-refractivity contribution in [3.05, 3.63) is 29.3 Å². The Labute approximate surface area is 128 Å². The predicted octanol–water partition coefficient (Wildman–Crippen LogP) is 2.06. The highest BCUT2D eigenvalue weighted by molar-refractivity contribution is 7.89. The van der Waals surface area contributed by atoms with Gasteiger partial charge in [0.1, 0.15) is 5.69 Å². The van der Waals surface area contributed by atoms with E-state index in [-0.39, 0.29) is 23.0 Å². The van der Waals surface area contributed by atoms with E-state index in [1.165, 1.54) is 4.31 Å². The molecular formula is C14H17F2N3O2S. The van der Waals surface area contributed by atoms with Gasteiger partial charge in [0.2, 0.25) is 10.0 Å². The van der Waals surface area contributed by atoms with Gasteiger partial charge in [-0.05, 0) is 31.9 Å². The van der Waals surface area contributed by atoms with E-state index in [1.54, 1.807) is 13.0 Å². The zero-order valence-electron chi connectivity index (χ0n) is 12.1. The molecule has 1 aromatic rings. The Bertz CT molecular complexity index is 670. The van der Waals surface area contributed by atoms with Crippen molar-refractivity contribution in [2.45, 2.75) is 25.8 Å². The van der Waals surface area contributed by atoms with Gasteiger partial charge in [0.05, 0.1) is 17.4 Å². The van der Waals surface area contributed by atoms with E-state index in [1.807, 2.05) is 0 Å². The van der Waals surface area contributed by atoms with Gasteiger partial charge in [-0.15, -0.1) is 0 Å². The zero-order valence-corrected chi connectivity index (χ0v) is 13.0. The lowest BCUT2D eigenvalue weighted by Crippen LogP contribution is -2.43. The molecule has 0 unspecified atom stereocenters. The Hall–Kier alpha value is -1.72. The molecule has 1 saturated heterocycles. The smallest absolute Gasteiger partial charge is 0.213 e. The summed E-state index contributed by atoms with van der Waals surface area (Å²) in [4.78, 5) is 0. The quantitative estimate of drug-likeness (QED) is 0.918. The second-order valence-electron chi connectivity index (χ2n) is 5.14. The number of hydrogen-bond donors (Lipinski definition) is 1. The molecule has 1 aromatic carbocycles. The number of sulfonamides is 1. The molecule has 5 nitrogen and oxygen atoms in total. The second kappa shape index (κ2) is 6.58. The lowest BCUT2D eigenvalue weighted by Gasteiger charge is -2.32. The van der Waals surface area contributed by atoms with Crippen molar-refractivity contribution in [3.63, 3.8) is 0 Å². The van der Waals surface area contributed by atoms with Gasteiger partial charge in [-0.3, -0.25) is 0 Å². The monoisotopic (exact) mass is 329 g/mol. The first-order valence-corrected chi connectivity index (χ1v) is 8.61. The third kappa shape index (κ3) is 3.54. The van der Waals surface area contributed by atoms with Crippen LogP contribution in [0.3, 0.4) is 0 Å². The Morgan fingerprint density at radius 1 is 1.32 bits per heavy atom. The minimum Gasteiger partial charge on any atom is -0.377 e. The number of halogens is 2. The molecule has 0 atom stereocenters. The largest absolute Gasteiger partial charge is 0.377 e. The van der Waals surface area contributed by atoms with Crippen LogP contribution in [0.5, 0.6) is 0 Å². The summed E-state index contributed by atoms with van der Waals surface area (Å²) in [6.07, 6.45) is 0.941. The number of anilines is 1. The van der Waals surface area contributed by atoms with Gasteiger partial charge in [0, 0.05) is 19.1 Å². The fourth-order valence-electron chi connectivity index (χ4n) is 2.44. The van der Waals surface area contributed by atoms with Gasteiger partial charge in [-0.1, -0.05) is 0 Å². The van der Waals surface area contributed by atoms with E-state index >= 15 is 0 Å². The summed E-state index contributed by atoms with van der Waals surface area (Å²) >= 11 is 0. The van der Waals surface area contributed by atoms with Gasteiger partial charge < -0.3 is 5.32 Å². The lowest BCUT2D eigenvalue weighted by atomic mass is 10.1. The number of nitrogens with zero attached hydrogens (tertiary/aromatic N) is 2. The number of nitriles is 1.